The van der Waals surface area contributed by atoms with Crippen LogP contribution in [0.5, 0.6) is 5.75 Å². The van der Waals surface area contributed by atoms with Crippen LogP contribution >= 0.6 is 0 Å². The van der Waals surface area contributed by atoms with Crippen LogP contribution in [-0.4, -0.2) is 43.4 Å². The smallest absolute Gasteiger partial charge is 0.261 e. The molecule has 0 radical (unpaired) electrons. The van der Waals surface area contributed by atoms with Gasteiger partial charge < -0.3 is 9.64 Å². The lowest BCUT2D eigenvalue weighted by atomic mass is 10.1. The predicted molar refractivity (Wildman–Crippen MR) is 101 cm³/mol. The van der Waals surface area contributed by atoms with Crippen molar-refractivity contribution in [2.45, 2.75) is 25.9 Å². The highest BCUT2D eigenvalue weighted by Crippen LogP contribution is 2.21. The van der Waals surface area contributed by atoms with Gasteiger partial charge in [0.15, 0.2) is 16.4 Å². The second-order valence-electron chi connectivity index (χ2n) is 6.81. The lowest BCUT2D eigenvalue weighted by Gasteiger charge is -2.28. The zero-order valence-electron chi connectivity index (χ0n) is 15.1. The number of sulfone groups is 1. The summed E-state index contributed by atoms with van der Waals surface area (Å²) < 4.78 is 42.5. The number of carbonyl (C=O) groups excluding carboxylic acids is 1. The Hall–Kier alpha value is -2.41. The average molecular weight is 391 g/mol. The predicted octanol–water partition coefficient (Wildman–Crippen LogP) is 2.73. The number of rotatable bonds is 6. The fourth-order valence-corrected chi connectivity index (χ4v) is 4.89. The molecule has 0 aromatic heterocycles. The molecule has 1 heterocycles. The van der Waals surface area contributed by atoms with E-state index in [4.69, 9.17) is 4.74 Å². The van der Waals surface area contributed by atoms with E-state index in [-0.39, 0.29) is 36.4 Å². The number of hydrogen-bond acceptors (Lipinski definition) is 4. The molecule has 2 aromatic carbocycles. The highest BCUT2D eigenvalue weighted by atomic mass is 32.2. The number of amides is 1. The van der Waals surface area contributed by atoms with Crippen LogP contribution in [0, 0.1) is 12.7 Å². The maximum atomic E-state index is 13.1. The average Bonchev–Trinajstić information content (AvgIpc) is 2.99. The van der Waals surface area contributed by atoms with Gasteiger partial charge in [0, 0.05) is 12.6 Å². The minimum Gasteiger partial charge on any atom is -0.484 e. The second kappa shape index (κ2) is 8.08. The minimum absolute atomic E-state index is 0.0512. The van der Waals surface area contributed by atoms with E-state index in [1.165, 1.54) is 17.0 Å². The van der Waals surface area contributed by atoms with Gasteiger partial charge in [-0.15, -0.1) is 0 Å². The zero-order valence-corrected chi connectivity index (χ0v) is 15.9. The van der Waals surface area contributed by atoms with Gasteiger partial charge in [0.25, 0.3) is 5.91 Å². The first-order chi connectivity index (χ1) is 12.8. The summed E-state index contributed by atoms with van der Waals surface area (Å²) in [6.45, 7) is 1.97. The maximum absolute atomic E-state index is 13.1. The van der Waals surface area contributed by atoms with Crippen molar-refractivity contribution in [3.63, 3.8) is 0 Å². The third kappa shape index (κ3) is 5.29. The van der Waals surface area contributed by atoms with E-state index in [9.17, 15) is 17.6 Å². The second-order valence-corrected chi connectivity index (χ2v) is 9.04. The molecular formula is C20H22FNO4S. The Morgan fingerprint density at radius 3 is 2.59 bits per heavy atom. The first-order valence-corrected chi connectivity index (χ1v) is 10.6. The van der Waals surface area contributed by atoms with Crippen molar-refractivity contribution in [1.29, 1.82) is 0 Å². The molecule has 0 bridgehead atoms. The third-order valence-corrected chi connectivity index (χ3v) is 6.34. The van der Waals surface area contributed by atoms with Crippen molar-refractivity contribution < 1.29 is 22.3 Å². The van der Waals surface area contributed by atoms with Crippen LogP contribution in [0.2, 0.25) is 0 Å². The molecule has 1 atom stereocenters. The highest BCUT2D eigenvalue weighted by molar-refractivity contribution is 7.91. The fourth-order valence-electron chi connectivity index (χ4n) is 3.16. The van der Waals surface area contributed by atoms with E-state index < -0.39 is 15.9 Å². The molecule has 1 amide bonds. The van der Waals surface area contributed by atoms with Gasteiger partial charge in [-0.1, -0.05) is 24.3 Å². The number of carbonyl (C=O) groups is 1. The Morgan fingerprint density at radius 1 is 1.22 bits per heavy atom. The van der Waals surface area contributed by atoms with Gasteiger partial charge in [-0.2, -0.15) is 0 Å². The molecule has 0 aliphatic carbocycles. The molecule has 1 fully saturated rings. The molecule has 1 aliphatic rings. The standard InChI is InChI=1S/C20H22FNO4S/c1-15-3-2-4-19(11-15)26-13-20(23)22(18-9-10-27(24,25)14-18)12-16-5-7-17(21)8-6-16/h2-8,11,18H,9-10,12-14H2,1H3. The van der Waals surface area contributed by atoms with Crippen LogP contribution in [0.15, 0.2) is 48.5 Å². The molecule has 7 heteroatoms. The number of benzene rings is 2. The maximum Gasteiger partial charge on any atom is 0.261 e. The van der Waals surface area contributed by atoms with Gasteiger partial charge in [0.05, 0.1) is 11.5 Å². The lowest BCUT2D eigenvalue weighted by Crippen LogP contribution is -2.43. The highest BCUT2D eigenvalue weighted by Gasteiger charge is 2.34. The number of halogens is 1. The van der Waals surface area contributed by atoms with Crippen molar-refractivity contribution in [2.24, 2.45) is 0 Å². The summed E-state index contributed by atoms with van der Waals surface area (Å²) in [5, 5.41) is 0. The summed E-state index contributed by atoms with van der Waals surface area (Å²) in [4.78, 5) is 14.3. The van der Waals surface area contributed by atoms with Gasteiger partial charge in [-0.3, -0.25) is 4.79 Å². The molecule has 0 spiro atoms. The zero-order chi connectivity index (χ0) is 19.4. The third-order valence-electron chi connectivity index (χ3n) is 4.59. The van der Waals surface area contributed by atoms with Crippen LogP contribution in [0.4, 0.5) is 4.39 Å². The Labute approximate surface area is 158 Å². The molecule has 1 saturated heterocycles. The number of hydrogen-bond donors (Lipinski definition) is 0. The minimum atomic E-state index is -3.14. The first kappa shape index (κ1) is 19.4. The summed E-state index contributed by atoms with van der Waals surface area (Å²) >= 11 is 0. The molecule has 1 unspecified atom stereocenters. The van der Waals surface area contributed by atoms with E-state index in [0.29, 0.717) is 12.2 Å². The molecule has 1 aliphatic heterocycles. The molecule has 3 rings (SSSR count). The van der Waals surface area contributed by atoms with Crippen molar-refractivity contribution in [1.82, 2.24) is 4.90 Å². The SMILES string of the molecule is Cc1cccc(OCC(=O)N(Cc2ccc(F)cc2)C2CCS(=O)(=O)C2)c1. The van der Waals surface area contributed by atoms with E-state index in [0.717, 1.165) is 11.1 Å². The normalized spacial score (nSPS) is 18.2. The van der Waals surface area contributed by atoms with Gasteiger partial charge >= 0.3 is 0 Å². The summed E-state index contributed by atoms with van der Waals surface area (Å²) in [6, 6.07) is 12.8. The Kier molecular flexibility index (Phi) is 5.79. The summed E-state index contributed by atoms with van der Waals surface area (Å²) in [6.07, 6.45) is 0.402. The molecule has 144 valence electrons. The molecule has 0 N–H and O–H groups in total. The monoisotopic (exact) mass is 391 g/mol. The van der Waals surface area contributed by atoms with Gasteiger partial charge in [0.2, 0.25) is 0 Å². The van der Waals surface area contributed by atoms with Gasteiger partial charge in [-0.25, -0.2) is 12.8 Å². The van der Waals surface area contributed by atoms with E-state index >= 15 is 0 Å². The van der Waals surface area contributed by atoms with Gasteiger partial charge in [-0.05, 0) is 48.7 Å². The molecule has 0 saturated carbocycles. The van der Waals surface area contributed by atoms with Crippen LogP contribution in [0.1, 0.15) is 17.5 Å². The number of ether oxygens (including phenoxy) is 1. The fraction of sp³-hybridized carbons (Fsp3) is 0.350. The van der Waals surface area contributed by atoms with Crippen LogP contribution in [-0.2, 0) is 21.2 Å². The summed E-state index contributed by atoms with van der Waals surface area (Å²) in [5.74, 6) is -0.0385. The van der Waals surface area contributed by atoms with Crippen molar-refractivity contribution in [3.8, 4) is 5.75 Å². The van der Waals surface area contributed by atoms with Crippen molar-refractivity contribution in [2.75, 3.05) is 18.1 Å². The molecule has 5 nitrogen and oxygen atoms in total. The Bertz CT molecular complexity index is 912. The van der Waals surface area contributed by atoms with E-state index in [1.54, 1.807) is 18.2 Å². The first-order valence-electron chi connectivity index (χ1n) is 8.76. The Balaban J connectivity index is 1.73. The van der Waals surface area contributed by atoms with E-state index in [1.807, 2.05) is 25.1 Å². The van der Waals surface area contributed by atoms with Crippen LogP contribution in [0.3, 0.4) is 0 Å². The van der Waals surface area contributed by atoms with Gasteiger partial charge in [0.1, 0.15) is 11.6 Å². The number of nitrogens with zero attached hydrogens (tertiary/aromatic N) is 1. The topological polar surface area (TPSA) is 63.7 Å². The largest absolute Gasteiger partial charge is 0.484 e. The molecular weight excluding hydrogens is 369 g/mol. The number of aryl methyl sites for hydroxylation is 1. The lowest BCUT2D eigenvalue weighted by molar-refractivity contribution is -0.136. The Morgan fingerprint density at radius 2 is 1.96 bits per heavy atom. The molecule has 2 aromatic rings. The van der Waals surface area contributed by atoms with E-state index in [2.05, 4.69) is 0 Å². The quantitative estimate of drug-likeness (QED) is 0.760. The summed E-state index contributed by atoms with van der Waals surface area (Å²) in [5.41, 5.74) is 1.76. The van der Waals surface area contributed by atoms with Crippen LogP contribution in [0.25, 0.3) is 0 Å². The van der Waals surface area contributed by atoms with Crippen molar-refractivity contribution >= 4 is 15.7 Å². The van der Waals surface area contributed by atoms with Crippen LogP contribution < -0.4 is 4.74 Å². The molecule has 27 heavy (non-hydrogen) atoms. The summed E-state index contributed by atoms with van der Waals surface area (Å²) in [7, 11) is -3.14. The van der Waals surface area contributed by atoms with Crippen molar-refractivity contribution in [3.05, 3.63) is 65.5 Å².